The molecule has 0 saturated carbocycles. The molecule has 78 valence electrons. The van der Waals surface area contributed by atoms with E-state index in [1.807, 2.05) is 12.1 Å². The van der Waals surface area contributed by atoms with Crippen LogP contribution in [0.4, 0.5) is 0 Å². The van der Waals surface area contributed by atoms with Gasteiger partial charge in [-0.15, -0.1) is 0 Å². The van der Waals surface area contributed by atoms with Crippen LogP contribution in [-0.4, -0.2) is 16.9 Å². The van der Waals surface area contributed by atoms with Gasteiger partial charge in [0.05, 0.1) is 5.92 Å². The van der Waals surface area contributed by atoms with Gasteiger partial charge in [-0.05, 0) is 46.7 Å². The van der Waals surface area contributed by atoms with Crippen LogP contribution in [0.2, 0.25) is 0 Å². The Kier molecular flexibility index (Phi) is 2.77. The summed E-state index contributed by atoms with van der Waals surface area (Å²) in [7, 11) is 0. The second kappa shape index (κ2) is 3.92. The van der Waals surface area contributed by atoms with Crippen molar-refractivity contribution >= 4 is 34.3 Å². The van der Waals surface area contributed by atoms with E-state index in [9.17, 15) is 9.59 Å². The number of Topliss-reactive ketones (excluding diaryl/α,β-unsaturated/α-hetero) is 1. The minimum Gasteiger partial charge on any atom is -0.481 e. The molecule has 0 spiro atoms. The van der Waals surface area contributed by atoms with Crippen molar-refractivity contribution in [2.45, 2.75) is 12.8 Å². The molecule has 0 heterocycles. The highest BCUT2D eigenvalue weighted by Gasteiger charge is 2.29. The summed E-state index contributed by atoms with van der Waals surface area (Å²) in [5.74, 6) is -1.49. The number of benzene rings is 1. The molecule has 0 aromatic heterocycles. The molecular formula is C11H9IO3. The number of halogens is 1. The molecule has 0 radical (unpaired) electrons. The number of aliphatic carboxylic acids is 1. The number of carbonyl (C=O) groups excluding carboxylic acids is 1. The molecule has 0 saturated heterocycles. The monoisotopic (exact) mass is 316 g/mol. The second-order valence-corrected chi connectivity index (χ2v) is 4.91. The summed E-state index contributed by atoms with van der Waals surface area (Å²) in [6, 6.07) is 5.55. The van der Waals surface area contributed by atoms with Gasteiger partial charge in [-0.2, -0.15) is 0 Å². The average Bonchev–Trinajstić information content (AvgIpc) is 2.16. The van der Waals surface area contributed by atoms with Gasteiger partial charge in [0.2, 0.25) is 0 Å². The summed E-state index contributed by atoms with van der Waals surface area (Å²) in [4.78, 5) is 22.5. The Morgan fingerprint density at radius 3 is 2.80 bits per heavy atom. The Morgan fingerprint density at radius 2 is 2.13 bits per heavy atom. The van der Waals surface area contributed by atoms with E-state index in [0.717, 1.165) is 9.13 Å². The Labute approximate surface area is 101 Å². The predicted molar refractivity (Wildman–Crippen MR) is 62.9 cm³/mol. The molecular weight excluding hydrogens is 307 g/mol. The van der Waals surface area contributed by atoms with Gasteiger partial charge in [-0.1, -0.05) is 6.07 Å². The second-order valence-electron chi connectivity index (χ2n) is 3.67. The first-order chi connectivity index (χ1) is 7.08. The van der Waals surface area contributed by atoms with Crippen LogP contribution in [0, 0.1) is 9.49 Å². The maximum Gasteiger partial charge on any atom is 0.307 e. The number of hydrogen-bond donors (Lipinski definition) is 1. The standard InChI is InChI=1S/C11H9IO3/c12-8-1-2-9-6(4-8)3-7(11(14)15)5-10(9)13/h1-2,4,7H,3,5H2,(H,14,15). The van der Waals surface area contributed by atoms with Gasteiger partial charge in [-0.3, -0.25) is 9.59 Å². The van der Waals surface area contributed by atoms with Crippen LogP contribution in [0.1, 0.15) is 22.3 Å². The Morgan fingerprint density at radius 1 is 1.40 bits per heavy atom. The summed E-state index contributed by atoms with van der Waals surface area (Å²) in [6.45, 7) is 0. The molecule has 0 aliphatic heterocycles. The zero-order valence-corrected chi connectivity index (χ0v) is 10.0. The summed E-state index contributed by atoms with van der Waals surface area (Å²) in [5.41, 5.74) is 1.55. The molecule has 15 heavy (non-hydrogen) atoms. The maximum absolute atomic E-state index is 11.6. The zero-order valence-electron chi connectivity index (χ0n) is 7.87. The molecule has 1 aliphatic carbocycles. The number of carboxylic acid groups (broad SMARTS) is 1. The molecule has 1 aromatic rings. The van der Waals surface area contributed by atoms with Gasteiger partial charge < -0.3 is 5.11 Å². The number of rotatable bonds is 1. The maximum atomic E-state index is 11.6. The van der Waals surface area contributed by atoms with Crippen LogP contribution in [0.5, 0.6) is 0 Å². The Bertz CT molecular complexity index is 439. The fourth-order valence-corrected chi connectivity index (χ4v) is 2.40. The first-order valence-corrected chi connectivity index (χ1v) is 5.70. The topological polar surface area (TPSA) is 54.4 Å². The molecule has 2 rings (SSSR count). The smallest absolute Gasteiger partial charge is 0.307 e. The Balaban J connectivity index is 2.41. The SMILES string of the molecule is O=C1CC(C(=O)O)Cc2cc(I)ccc21. The fourth-order valence-electron chi connectivity index (χ4n) is 1.85. The molecule has 1 N–H and O–H groups in total. The van der Waals surface area contributed by atoms with Crippen molar-refractivity contribution in [3.63, 3.8) is 0 Å². The molecule has 1 atom stereocenters. The predicted octanol–water partition coefficient (Wildman–Crippen LogP) is 2.12. The van der Waals surface area contributed by atoms with Crippen molar-refractivity contribution in [1.29, 1.82) is 0 Å². The lowest BCUT2D eigenvalue weighted by molar-refractivity contribution is -0.141. The summed E-state index contributed by atoms with van der Waals surface area (Å²) < 4.78 is 1.03. The largest absolute Gasteiger partial charge is 0.481 e. The molecule has 0 fully saturated rings. The van der Waals surface area contributed by atoms with Gasteiger partial charge in [0.25, 0.3) is 0 Å². The minimum atomic E-state index is -0.882. The van der Waals surface area contributed by atoms with Crippen molar-refractivity contribution in [2.24, 2.45) is 5.92 Å². The fraction of sp³-hybridized carbons (Fsp3) is 0.273. The highest BCUT2D eigenvalue weighted by atomic mass is 127. The molecule has 4 heteroatoms. The lowest BCUT2D eigenvalue weighted by Crippen LogP contribution is -2.26. The summed E-state index contributed by atoms with van der Waals surface area (Å²) in [6.07, 6.45) is 0.593. The van der Waals surface area contributed by atoms with Gasteiger partial charge >= 0.3 is 5.97 Å². The van der Waals surface area contributed by atoms with Crippen LogP contribution in [0.3, 0.4) is 0 Å². The van der Waals surface area contributed by atoms with Crippen molar-refractivity contribution in [3.8, 4) is 0 Å². The number of ketones is 1. The van der Waals surface area contributed by atoms with Crippen molar-refractivity contribution in [1.82, 2.24) is 0 Å². The van der Waals surface area contributed by atoms with Crippen molar-refractivity contribution in [3.05, 3.63) is 32.9 Å². The average molecular weight is 316 g/mol. The van der Waals surface area contributed by atoms with E-state index in [0.29, 0.717) is 12.0 Å². The highest BCUT2D eigenvalue weighted by molar-refractivity contribution is 14.1. The van der Waals surface area contributed by atoms with Gasteiger partial charge in [0.15, 0.2) is 5.78 Å². The lowest BCUT2D eigenvalue weighted by Gasteiger charge is -2.20. The van der Waals surface area contributed by atoms with E-state index in [1.165, 1.54) is 0 Å². The quantitative estimate of drug-likeness (QED) is 0.808. The number of hydrogen-bond acceptors (Lipinski definition) is 2. The van der Waals surface area contributed by atoms with E-state index in [4.69, 9.17) is 5.11 Å². The summed E-state index contributed by atoms with van der Waals surface area (Å²) in [5, 5.41) is 8.90. The van der Waals surface area contributed by atoms with Gasteiger partial charge in [0.1, 0.15) is 0 Å². The van der Waals surface area contributed by atoms with Crippen molar-refractivity contribution < 1.29 is 14.7 Å². The molecule has 1 aliphatic rings. The molecule has 0 amide bonds. The third-order valence-corrected chi connectivity index (χ3v) is 3.29. The third kappa shape index (κ3) is 2.04. The van der Waals surface area contributed by atoms with Crippen LogP contribution in [0.15, 0.2) is 18.2 Å². The minimum absolute atomic E-state index is 0.0555. The number of carbonyl (C=O) groups is 2. The van der Waals surface area contributed by atoms with E-state index in [1.54, 1.807) is 6.07 Å². The number of carboxylic acids is 1. The molecule has 3 nitrogen and oxygen atoms in total. The highest BCUT2D eigenvalue weighted by Crippen LogP contribution is 2.27. The normalized spacial score (nSPS) is 19.8. The Hall–Kier alpha value is -0.910. The van der Waals surface area contributed by atoms with E-state index in [-0.39, 0.29) is 12.2 Å². The molecule has 1 aromatic carbocycles. The lowest BCUT2D eigenvalue weighted by atomic mass is 9.83. The molecule has 1 unspecified atom stereocenters. The summed E-state index contributed by atoms with van der Waals surface area (Å²) >= 11 is 2.16. The zero-order chi connectivity index (χ0) is 11.0. The number of fused-ring (bicyclic) bond motifs is 1. The van der Waals surface area contributed by atoms with E-state index >= 15 is 0 Å². The van der Waals surface area contributed by atoms with Crippen molar-refractivity contribution in [2.75, 3.05) is 0 Å². The van der Waals surface area contributed by atoms with E-state index < -0.39 is 11.9 Å². The van der Waals surface area contributed by atoms with Crippen LogP contribution in [-0.2, 0) is 11.2 Å². The molecule has 0 bridgehead atoms. The van der Waals surface area contributed by atoms with Crippen LogP contribution >= 0.6 is 22.6 Å². The first-order valence-electron chi connectivity index (χ1n) is 4.62. The van der Waals surface area contributed by atoms with Gasteiger partial charge in [-0.25, -0.2) is 0 Å². The van der Waals surface area contributed by atoms with E-state index in [2.05, 4.69) is 22.6 Å². The third-order valence-electron chi connectivity index (χ3n) is 2.62. The van der Waals surface area contributed by atoms with Crippen LogP contribution < -0.4 is 0 Å². The van der Waals surface area contributed by atoms with Crippen LogP contribution in [0.25, 0.3) is 0 Å². The first kappa shape index (κ1) is 10.6. The van der Waals surface area contributed by atoms with Gasteiger partial charge in [0, 0.05) is 15.6 Å².